The fraction of sp³-hybridized carbons (Fsp3) is 0.333. The third-order valence-corrected chi connectivity index (χ3v) is 4.59. The Morgan fingerprint density at radius 3 is 2.73 bits per heavy atom. The topological polar surface area (TPSA) is 53.4 Å². The SMILES string of the molecule is CC1(C)CN(C(=O)CCl)c2cc(C(O)c3cc(F)ccc3F)cnc21.Cl. The van der Waals surface area contributed by atoms with E-state index < -0.39 is 17.7 Å². The van der Waals surface area contributed by atoms with Crippen LogP contribution in [0.15, 0.2) is 30.5 Å². The van der Waals surface area contributed by atoms with Crippen molar-refractivity contribution >= 4 is 35.6 Å². The van der Waals surface area contributed by atoms with E-state index in [0.29, 0.717) is 17.9 Å². The van der Waals surface area contributed by atoms with Gasteiger partial charge in [0.05, 0.1) is 11.4 Å². The molecule has 1 aliphatic heterocycles. The van der Waals surface area contributed by atoms with E-state index in [1.54, 1.807) is 6.07 Å². The molecule has 1 amide bonds. The van der Waals surface area contributed by atoms with Gasteiger partial charge in [0.1, 0.15) is 23.6 Å². The Kier molecular flexibility index (Phi) is 5.90. The lowest BCUT2D eigenvalue weighted by Crippen LogP contribution is -2.34. The van der Waals surface area contributed by atoms with E-state index in [1.165, 1.54) is 11.1 Å². The van der Waals surface area contributed by atoms with Crippen molar-refractivity contribution in [2.24, 2.45) is 0 Å². The fourth-order valence-electron chi connectivity index (χ4n) is 3.10. The average Bonchev–Trinajstić information content (AvgIpc) is 2.86. The molecule has 2 heterocycles. The minimum absolute atomic E-state index is 0. The normalized spacial score (nSPS) is 16.0. The van der Waals surface area contributed by atoms with Gasteiger partial charge in [-0.3, -0.25) is 9.78 Å². The van der Waals surface area contributed by atoms with Gasteiger partial charge in [-0.25, -0.2) is 8.78 Å². The molecule has 1 aromatic heterocycles. The van der Waals surface area contributed by atoms with Gasteiger partial charge >= 0.3 is 0 Å². The van der Waals surface area contributed by atoms with Crippen LogP contribution < -0.4 is 4.90 Å². The molecule has 0 spiro atoms. The van der Waals surface area contributed by atoms with Crippen LogP contribution in [0.3, 0.4) is 0 Å². The maximum Gasteiger partial charge on any atom is 0.241 e. The summed E-state index contributed by atoms with van der Waals surface area (Å²) in [5.74, 6) is -1.83. The van der Waals surface area contributed by atoms with Crippen LogP contribution in [-0.2, 0) is 10.2 Å². The van der Waals surface area contributed by atoms with Crippen LogP contribution in [0.4, 0.5) is 14.5 Å². The van der Waals surface area contributed by atoms with E-state index in [1.807, 2.05) is 13.8 Å². The molecule has 4 nitrogen and oxygen atoms in total. The number of aromatic nitrogens is 1. The van der Waals surface area contributed by atoms with Gasteiger partial charge in [-0.05, 0) is 24.3 Å². The first-order valence-corrected chi connectivity index (χ1v) is 8.28. The summed E-state index contributed by atoms with van der Waals surface area (Å²) in [5.41, 5.74) is 0.943. The van der Waals surface area contributed by atoms with Crippen molar-refractivity contribution < 1.29 is 18.7 Å². The van der Waals surface area contributed by atoms with E-state index in [0.717, 1.165) is 18.2 Å². The molecule has 0 fully saturated rings. The number of carbonyl (C=O) groups is 1. The molecule has 1 aromatic carbocycles. The number of carbonyl (C=O) groups excluding carboxylic acids is 1. The molecule has 3 rings (SSSR count). The molecule has 0 saturated heterocycles. The molecule has 8 heteroatoms. The lowest BCUT2D eigenvalue weighted by atomic mass is 9.90. The third kappa shape index (κ3) is 3.54. The number of alkyl halides is 1. The molecule has 1 N–H and O–H groups in total. The summed E-state index contributed by atoms with van der Waals surface area (Å²) >= 11 is 5.68. The van der Waals surface area contributed by atoms with Crippen molar-refractivity contribution in [2.75, 3.05) is 17.3 Å². The summed E-state index contributed by atoms with van der Waals surface area (Å²) < 4.78 is 27.3. The van der Waals surface area contributed by atoms with Gasteiger partial charge in [0.2, 0.25) is 5.91 Å². The molecule has 0 bridgehead atoms. The van der Waals surface area contributed by atoms with Crippen molar-refractivity contribution in [3.63, 3.8) is 0 Å². The van der Waals surface area contributed by atoms with E-state index in [2.05, 4.69) is 4.98 Å². The summed E-state index contributed by atoms with van der Waals surface area (Å²) in [5, 5.41) is 10.5. The second-order valence-corrected chi connectivity index (χ2v) is 6.97. The van der Waals surface area contributed by atoms with Crippen LogP contribution in [0.25, 0.3) is 0 Å². The van der Waals surface area contributed by atoms with Crippen molar-refractivity contribution in [3.8, 4) is 0 Å². The highest BCUT2D eigenvalue weighted by atomic mass is 35.5. The van der Waals surface area contributed by atoms with E-state index in [4.69, 9.17) is 11.6 Å². The number of hydrogen-bond acceptors (Lipinski definition) is 3. The minimum atomic E-state index is -1.40. The highest BCUT2D eigenvalue weighted by Gasteiger charge is 2.39. The van der Waals surface area contributed by atoms with Gasteiger partial charge in [-0.2, -0.15) is 0 Å². The monoisotopic (exact) mass is 402 g/mol. The van der Waals surface area contributed by atoms with Crippen LogP contribution in [-0.4, -0.2) is 28.4 Å². The Labute approximate surface area is 161 Å². The molecule has 1 aliphatic rings. The fourth-order valence-corrected chi connectivity index (χ4v) is 3.24. The molecule has 0 radical (unpaired) electrons. The van der Waals surface area contributed by atoms with Crippen molar-refractivity contribution in [1.29, 1.82) is 0 Å². The first kappa shape index (κ1) is 20.6. The maximum atomic E-state index is 13.9. The number of anilines is 1. The second-order valence-electron chi connectivity index (χ2n) is 6.70. The van der Waals surface area contributed by atoms with Crippen LogP contribution in [0.2, 0.25) is 0 Å². The van der Waals surface area contributed by atoms with Gasteiger partial charge in [0, 0.05) is 29.3 Å². The Bertz CT molecular complexity index is 846. The molecule has 2 aromatic rings. The zero-order valence-corrected chi connectivity index (χ0v) is 15.7. The zero-order valence-electron chi connectivity index (χ0n) is 14.2. The summed E-state index contributed by atoms with van der Waals surface area (Å²) in [4.78, 5) is 18.0. The number of aliphatic hydroxyl groups is 1. The largest absolute Gasteiger partial charge is 0.383 e. The van der Waals surface area contributed by atoms with Crippen LogP contribution in [0.1, 0.15) is 36.8 Å². The van der Waals surface area contributed by atoms with Crippen LogP contribution in [0, 0.1) is 11.6 Å². The summed E-state index contributed by atoms with van der Waals surface area (Å²) in [7, 11) is 0. The predicted octanol–water partition coefficient (Wildman–Crippen LogP) is 3.73. The van der Waals surface area contributed by atoms with Crippen molar-refractivity contribution in [2.45, 2.75) is 25.4 Å². The number of fused-ring (bicyclic) bond motifs is 1. The van der Waals surface area contributed by atoms with Gasteiger partial charge in [-0.1, -0.05) is 13.8 Å². The van der Waals surface area contributed by atoms with E-state index in [-0.39, 0.29) is 40.7 Å². The number of halogens is 4. The lowest BCUT2D eigenvalue weighted by Gasteiger charge is -2.19. The highest BCUT2D eigenvalue weighted by Crippen LogP contribution is 2.40. The van der Waals surface area contributed by atoms with Crippen LogP contribution in [0.5, 0.6) is 0 Å². The number of amides is 1. The van der Waals surface area contributed by atoms with Gasteiger partial charge in [-0.15, -0.1) is 24.0 Å². The molecule has 1 atom stereocenters. The van der Waals surface area contributed by atoms with Gasteiger partial charge in [0.15, 0.2) is 0 Å². The molecule has 140 valence electrons. The van der Waals surface area contributed by atoms with Crippen LogP contribution >= 0.6 is 24.0 Å². The first-order chi connectivity index (χ1) is 11.7. The predicted molar refractivity (Wildman–Crippen MR) is 98.0 cm³/mol. The zero-order chi connectivity index (χ0) is 18.4. The van der Waals surface area contributed by atoms with Gasteiger partial charge < -0.3 is 10.0 Å². The third-order valence-electron chi connectivity index (χ3n) is 4.36. The molecular formula is C18H18Cl2F2N2O2. The summed E-state index contributed by atoms with van der Waals surface area (Å²) in [6, 6.07) is 4.46. The Hall–Kier alpha value is -1.76. The van der Waals surface area contributed by atoms with Gasteiger partial charge in [0.25, 0.3) is 0 Å². The first-order valence-electron chi connectivity index (χ1n) is 7.74. The minimum Gasteiger partial charge on any atom is -0.383 e. The number of aliphatic hydroxyl groups excluding tert-OH is 1. The quantitative estimate of drug-likeness (QED) is 0.795. The Balaban J connectivity index is 0.00000243. The molecule has 1 unspecified atom stereocenters. The Morgan fingerprint density at radius 1 is 1.38 bits per heavy atom. The standard InChI is InChI=1S/C18H17ClF2N2O2.ClH/c1-18(2)9-23(15(24)7-19)14-5-10(8-22-17(14)18)16(25)12-6-11(20)3-4-13(12)21;/h3-6,8,16,25H,7,9H2,1-2H3;1H. The number of hydrogen-bond donors (Lipinski definition) is 1. The number of benzene rings is 1. The summed E-state index contributed by atoms with van der Waals surface area (Å²) in [6.07, 6.45) is 0.0229. The van der Waals surface area contributed by atoms with E-state index >= 15 is 0 Å². The average molecular weight is 403 g/mol. The number of pyridine rings is 1. The van der Waals surface area contributed by atoms with E-state index in [9.17, 15) is 18.7 Å². The number of rotatable bonds is 3. The maximum absolute atomic E-state index is 13.9. The molecule has 0 saturated carbocycles. The van der Waals surface area contributed by atoms with Crippen molar-refractivity contribution in [3.05, 3.63) is 58.9 Å². The second kappa shape index (κ2) is 7.47. The van der Waals surface area contributed by atoms with Crippen molar-refractivity contribution in [1.82, 2.24) is 4.98 Å². The molecule has 26 heavy (non-hydrogen) atoms. The highest BCUT2D eigenvalue weighted by molar-refractivity contribution is 6.29. The summed E-state index contributed by atoms with van der Waals surface area (Å²) in [6.45, 7) is 4.31. The molecule has 0 aliphatic carbocycles. The smallest absolute Gasteiger partial charge is 0.241 e. The lowest BCUT2D eigenvalue weighted by molar-refractivity contribution is -0.116. The molecular weight excluding hydrogens is 385 g/mol. The number of nitrogens with zero attached hydrogens (tertiary/aromatic N) is 2. The Morgan fingerprint density at radius 2 is 2.08 bits per heavy atom.